The summed E-state index contributed by atoms with van der Waals surface area (Å²) >= 11 is 0. The number of aliphatic hydroxyl groups excluding tert-OH is 1. The van der Waals surface area contributed by atoms with Crippen LogP contribution in [0.1, 0.15) is 376 Å². The predicted molar refractivity (Wildman–Crippen MR) is 381 cm³/mol. The van der Waals surface area contributed by atoms with Crippen molar-refractivity contribution in [3.63, 3.8) is 0 Å². The van der Waals surface area contributed by atoms with E-state index in [1.165, 1.54) is 173 Å². The lowest BCUT2D eigenvalue weighted by atomic mass is 10.0. The van der Waals surface area contributed by atoms with E-state index < -0.39 is 97.5 Å². The van der Waals surface area contributed by atoms with Gasteiger partial charge in [0.1, 0.15) is 19.3 Å². The first-order valence-electron chi connectivity index (χ1n) is 38.7. The number of aliphatic hydroxyl groups is 1. The van der Waals surface area contributed by atoms with Gasteiger partial charge in [0.15, 0.2) is 12.2 Å². The first kappa shape index (κ1) is 92.1. The molecule has 0 saturated heterocycles. The van der Waals surface area contributed by atoms with Crippen molar-refractivity contribution in [3.05, 3.63) is 0 Å². The Kier molecular flexibility index (Phi) is 63.1. The Morgan fingerprint density at radius 2 is 0.447 bits per heavy atom. The SMILES string of the molecule is CC(C)CCCCCCCCCCCCCCCCCCC(=O)OC[C@H](COP(=O)(O)OCC(O)COP(=O)(O)OC[C@@H](COC(=O)CCCCCCCCCC(C)C)OC(=O)CCCCCCCCCC(C)C)OC(=O)CCCCCCCCCCCCCCC(C)C. The van der Waals surface area contributed by atoms with Crippen LogP contribution in [0.3, 0.4) is 0 Å². The Morgan fingerprint density at radius 3 is 0.660 bits per heavy atom. The molecule has 19 heteroatoms. The molecule has 0 aliphatic rings. The predicted octanol–water partition coefficient (Wildman–Crippen LogP) is 21.7. The molecule has 94 heavy (non-hydrogen) atoms. The van der Waals surface area contributed by atoms with E-state index in [1.54, 1.807) is 0 Å². The number of unbranched alkanes of at least 4 members (excludes halogenated alkanes) is 38. The van der Waals surface area contributed by atoms with E-state index >= 15 is 0 Å². The molecule has 0 radical (unpaired) electrons. The Morgan fingerprint density at radius 1 is 0.266 bits per heavy atom. The Labute approximate surface area is 575 Å². The van der Waals surface area contributed by atoms with Crippen molar-refractivity contribution in [2.24, 2.45) is 23.7 Å². The van der Waals surface area contributed by atoms with Gasteiger partial charge in [-0.15, -0.1) is 0 Å². The first-order chi connectivity index (χ1) is 45.1. The Bertz CT molecular complexity index is 1850. The molecule has 0 bridgehead atoms. The van der Waals surface area contributed by atoms with Crippen LogP contribution in [0.4, 0.5) is 0 Å². The molecular weight excluding hydrogens is 1230 g/mol. The van der Waals surface area contributed by atoms with E-state index in [2.05, 4.69) is 55.4 Å². The molecule has 0 aromatic rings. The average Bonchev–Trinajstić information content (AvgIpc) is 1.24. The van der Waals surface area contributed by atoms with Gasteiger partial charge in [-0.05, 0) is 49.4 Å². The summed E-state index contributed by atoms with van der Waals surface area (Å²) in [6, 6.07) is 0. The molecular formula is C75H146O17P2. The molecule has 3 N–H and O–H groups in total. The summed E-state index contributed by atoms with van der Waals surface area (Å²) in [7, 11) is -9.91. The van der Waals surface area contributed by atoms with E-state index in [-0.39, 0.29) is 25.7 Å². The lowest BCUT2D eigenvalue weighted by Crippen LogP contribution is -2.30. The number of ether oxygens (including phenoxy) is 4. The van der Waals surface area contributed by atoms with Gasteiger partial charge in [0, 0.05) is 25.7 Å². The zero-order chi connectivity index (χ0) is 69.6. The summed E-state index contributed by atoms with van der Waals surface area (Å²) in [6.07, 6.45) is 48.8. The van der Waals surface area contributed by atoms with E-state index in [4.69, 9.17) is 37.0 Å². The molecule has 0 rings (SSSR count). The van der Waals surface area contributed by atoms with E-state index in [9.17, 15) is 43.2 Å². The van der Waals surface area contributed by atoms with Crippen LogP contribution in [0.2, 0.25) is 0 Å². The molecule has 558 valence electrons. The molecule has 0 aromatic carbocycles. The van der Waals surface area contributed by atoms with Gasteiger partial charge in [0.25, 0.3) is 0 Å². The second-order valence-corrected chi connectivity index (χ2v) is 31.9. The maximum Gasteiger partial charge on any atom is 0.472 e. The van der Waals surface area contributed by atoms with Crippen molar-refractivity contribution in [1.29, 1.82) is 0 Å². The van der Waals surface area contributed by atoms with Crippen molar-refractivity contribution in [2.75, 3.05) is 39.6 Å². The van der Waals surface area contributed by atoms with Crippen LogP contribution in [-0.2, 0) is 65.4 Å². The van der Waals surface area contributed by atoms with Crippen molar-refractivity contribution >= 4 is 39.5 Å². The number of hydrogen-bond donors (Lipinski definition) is 3. The molecule has 0 aromatic heterocycles. The molecule has 0 aliphatic heterocycles. The summed E-state index contributed by atoms with van der Waals surface area (Å²) in [6.45, 7) is 14.1. The maximum absolute atomic E-state index is 13.1. The summed E-state index contributed by atoms with van der Waals surface area (Å²) in [5, 5.41) is 10.6. The highest BCUT2D eigenvalue weighted by molar-refractivity contribution is 7.47. The second kappa shape index (κ2) is 64.4. The number of carbonyl (C=O) groups excluding carboxylic acids is 4. The van der Waals surface area contributed by atoms with Crippen molar-refractivity contribution in [1.82, 2.24) is 0 Å². The normalized spacial score (nSPS) is 14.2. The summed E-state index contributed by atoms with van der Waals surface area (Å²) in [5.74, 6) is 0.865. The highest BCUT2D eigenvalue weighted by Crippen LogP contribution is 2.45. The van der Waals surface area contributed by atoms with Crippen molar-refractivity contribution in [2.45, 2.75) is 395 Å². The lowest BCUT2D eigenvalue weighted by molar-refractivity contribution is -0.161. The molecule has 0 spiro atoms. The quantitative estimate of drug-likeness (QED) is 0.0222. The van der Waals surface area contributed by atoms with Crippen LogP contribution >= 0.6 is 15.6 Å². The minimum absolute atomic E-state index is 0.102. The third-order valence-corrected chi connectivity index (χ3v) is 19.2. The van der Waals surface area contributed by atoms with Crippen LogP contribution in [0.5, 0.6) is 0 Å². The molecule has 0 heterocycles. The zero-order valence-electron chi connectivity index (χ0n) is 61.6. The molecule has 0 amide bonds. The van der Waals surface area contributed by atoms with Gasteiger partial charge in [-0.25, -0.2) is 9.13 Å². The zero-order valence-corrected chi connectivity index (χ0v) is 63.4. The van der Waals surface area contributed by atoms with Gasteiger partial charge >= 0.3 is 39.5 Å². The van der Waals surface area contributed by atoms with Gasteiger partial charge < -0.3 is 33.8 Å². The van der Waals surface area contributed by atoms with Crippen LogP contribution in [0.15, 0.2) is 0 Å². The lowest BCUT2D eigenvalue weighted by Gasteiger charge is -2.21. The number of esters is 4. The maximum atomic E-state index is 13.1. The molecule has 0 aliphatic carbocycles. The fourth-order valence-electron chi connectivity index (χ4n) is 11.4. The fraction of sp³-hybridized carbons (Fsp3) is 0.947. The minimum atomic E-state index is -4.96. The van der Waals surface area contributed by atoms with Gasteiger partial charge in [-0.1, -0.05) is 325 Å². The van der Waals surface area contributed by atoms with E-state index in [1.807, 2.05) is 0 Å². The monoisotopic (exact) mass is 1380 g/mol. The molecule has 0 fully saturated rings. The summed E-state index contributed by atoms with van der Waals surface area (Å²) < 4.78 is 68.4. The van der Waals surface area contributed by atoms with Gasteiger partial charge in [0.05, 0.1) is 26.4 Å². The van der Waals surface area contributed by atoms with Gasteiger partial charge in [-0.2, -0.15) is 0 Å². The number of carbonyl (C=O) groups is 4. The smallest absolute Gasteiger partial charge is 0.462 e. The highest BCUT2D eigenvalue weighted by Gasteiger charge is 2.30. The molecule has 5 atom stereocenters. The number of hydrogen-bond acceptors (Lipinski definition) is 15. The topological polar surface area (TPSA) is 237 Å². The first-order valence-corrected chi connectivity index (χ1v) is 41.7. The van der Waals surface area contributed by atoms with Crippen LogP contribution < -0.4 is 0 Å². The van der Waals surface area contributed by atoms with E-state index in [0.29, 0.717) is 37.5 Å². The summed E-state index contributed by atoms with van der Waals surface area (Å²) in [4.78, 5) is 72.7. The van der Waals surface area contributed by atoms with Gasteiger partial charge in [0.2, 0.25) is 0 Å². The summed E-state index contributed by atoms with van der Waals surface area (Å²) in [5.41, 5.74) is 0. The van der Waals surface area contributed by atoms with Crippen molar-refractivity contribution < 1.29 is 80.2 Å². The fourth-order valence-corrected chi connectivity index (χ4v) is 13.0. The third kappa shape index (κ3) is 68.6. The number of rotatable bonds is 72. The molecule has 17 nitrogen and oxygen atoms in total. The highest BCUT2D eigenvalue weighted by atomic mass is 31.2. The second-order valence-electron chi connectivity index (χ2n) is 28.9. The Hall–Kier alpha value is -1.94. The van der Waals surface area contributed by atoms with Crippen LogP contribution in [0.25, 0.3) is 0 Å². The average molecular weight is 1380 g/mol. The minimum Gasteiger partial charge on any atom is -0.462 e. The van der Waals surface area contributed by atoms with Gasteiger partial charge in [-0.3, -0.25) is 37.3 Å². The van der Waals surface area contributed by atoms with Crippen LogP contribution in [-0.4, -0.2) is 96.7 Å². The number of phosphoric acid groups is 2. The Balaban J connectivity index is 5.21. The number of phosphoric ester groups is 2. The van der Waals surface area contributed by atoms with Crippen LogP contribution in [0, 0.1) is 23.7 Å². The van der Waals surface area contributed by atoms with Crippen molar-refractivity contribution in [3.8, 4) is 0 Å². The molecule has 0 saturated carbocycles. The molecule has 3 unspecified atom stereocenters. The van der Waals surface area contributed by atoms with E-state index in [0.717, 1.165) is 108 Å². The third-order valence-electron chi connectivity index (χ3n) is 17.3. The largest absolute Gasteiger partial charge is 0.472 e. The standard InChI is InChI=1S/C75H146O17P2/c1-65(2)51-43-35-27-21-17-13-11-9-10-12-14-19-23-31-39-47-55-72(77)85-61-70(91-74(79)57-49-41-32-24-20-16-15-18-22-28-36-44-52-66(3)4)63-89-93(81,82)87-59-69(76)60-88-94(83,84)90-64-71(92-75(80)58-50-42-34-26-30-38-46-54-68(7)8)62-86-73(78)56-48-40-33-25-29-37-45-53-67(5)6/h65-71,76H,9-64H2,1-8H3,(H,81,82)(H,83,84)/t69?,70-,71-/m1/s1.